The Morgan fingerprint density at radius 3 is 2.37 bits per heavy atom. The molecule has 0 spiro atoms. The number of carbonyl (C=O) groups excluding carboxylic acids is 3. The van der Waals surface area contributed by atoms with Crippen LogP contribution in [0.15, 0.2) is 52.0 Å². The maximum absolute atomic E-state index is 12.4. The van der Waals surface area contributed by atoms with Crippen LogP contribution in [0.1, 0.15) is 74.2 Å². The monoisotopic (exact) mass is 563 g/mol. The van der Waals surface area contributed by atoms with Crippen molar-refractivity contribution < 1.29 is 19.1 Å². The van der Waals surface area contributed by atoms with Crippen molar-refractivity contribution in [3.63, 3.8) is 0 Å². The first-order chi connectivity index (χ1) is 16.9. The minimum atomic E-state index is -0.550. The number of rotatable bonds is 14. The second-order valence-corrected chi connectivity index (χ2v) is 9.37. The topological polar surface area (TPSA) is 96.9 Å². The van der Waals surface area contributed by atoms with Crippen molar-refractivity contribution in [3.05, 3.63) is 63.1 Å². The standard InChI is InChI=1S/C26H31BrClN3O4/c1-2-3-4-5-6-7-8-9-24(32)29-18-25(33)31-30-17-20-16-21(27)12-15-23(20)35-26(34)19-10-13-22(28)14-11-19/h10-17H,2-9,18H2,1H3,(H,29,32)(H,31,33)/b30-17-. The lowest BCUT2D eigenvalue weighted by atomic mass is 10.1. The van der Waals surface area contributed by atoms with Gasteiger partial charge in [0.2, 0.25) is 5.91 Å². The average molecular weight is 565 g/mol. The van der Waals surface area contributed by atoms with Gasteiger partial charge >= 0.3 is 5.97 Å². The number of ether oxygens (including phenoxy) is 1. The number of nitrogens with one attached hydrogen (secondary N) is 2. The zero-order valence-corrected chi connectivity index (χ0v) is 22.2. The van der Waals surface area contributed by atoms with E-state index in [1.54, 1.807) is 42.5 Å². The predicted octanol–water partition coefficient (Wildman–Crippen LogP) is 6.03. The van der Waals surface area contributed by atoms with Gasteiger partial charge in [-0.3, -0.25) is 9.59 Å². The van der Waals surface area contributed by atoms with Gasteiger partial charge < -0.3 is 10.1 Å². The summed E-state index contributed by atoms with van der Waals surface area (Å²) < 4.78 is 6.22. The van der Waals surface area contributed by atoms with Gasteiger partial charge in [-0.25, -0.2) is 10.2 Å². The molecular formula is C26H31BrClN3O4. The molecule has 188 valence electrons. The van der Waals surface area contributed by atoms with Crippen molar-refractivity contribution in [1.82, 2.24) is 10.7 Å². The Balaban J connectivity index is 1.78. The fraction of sp³-hybridized carbons (Fsp3) is 0.385. The lowest BCUT2D eigenvalue weighted by molar-refractivity contribution is -0.126. The minimum absolute atomic E-state index is 0.152. The second kappa shape index (κ2) is 16.1. The van der Waals surface area contributed by atoms with E-state index < -0.39 is 11.9 Å². The number of esters is 1. The maximum atomic E-state index is 12.4. The number of hydrazone groups is 1. The van der Waals surface area contributed by atoms with Crippen molar-refractivity contribution in [2.75, 3.05) is 6.54 Å². The Hall–Kier alpha value is -2.71. The molecule has 0 aliphatic carbocycles. The van der Waals surface area contributed by atoms with Gasteiger partial charge in [-0.2, -0.15) is 5.10 Å². The molecule has 0 fully saturated rings. The average Bonchev–Trinajstić information content (AvgIpc) is 2.84. The van der Waals surface area contributed by atoms with Crippen molar-refractivity contribution in [2.45, 2.75) is 58.3 Å². The number of unbranched alkanes of at least 4 members (excludes halogenated alkanes) is 6. The van der Waals surface area contributed by atoms with Gasteiger partial charge in [0.1, 0.15) is 5.75 Å². The van der Waals surface area contributed by atoms with Gasteiger partial charge in [0.25, 0.3) is 5.91 Å². The molecule has 2 N–H and O–H groups in total. The molecule has 2 aromatic carbocycles. The molecule has 0 aliphatic heterocycles. The molecule has 0 saturated carbocycles. The Labute approximate surface area is 219 Å². The lowest BCUT2D eigenvalue weighted by Crippen LogP contribution is -2.34. The van der Waals surface area contributed by atoms with Crippen LogP contribution in [-0.2, 0) is 9.59 Å². The van der Waals surface area contributed by atoms with E-state index in [0.717, 1.165) is 23.7 Å². The molecule has 2 rings (SSSR count). The summed E-state index contributed by atoms with van der Waals surface area (Å²) in [6.45, 7) is 2.02. The zero-order chi connectivity index (χ0) is 25.5. The molecule has 0 aliphatic rings. The number of amides is 2. The first kappa shape index (κ1) is 28.5. The second-order valence-electron chi connectivity index (χ2n) is 8.02. The molecule has 0 heterocycles. The fourth-order valence-electron chi connectivity index (χ4n) is 3.18. The highest BCUT2D eigenvalue weighted by molar-refractivity contribution is 9.10. The fourth-order valence-corrected chi connectivity index (χ4v) is 3.69. The van der Waals surface area contributed by atoms with Gasteiger partial charge in [0, 0.05) is 21.5 Å². The number of halogens is 2. The van der Waals surface area contributed by atoms with Crippen LogP contribution in [0.2, 0.25) is 5.02 Å². The molecule has 0 unspecified atom stereocenters. The van der Waals surface area contributed by atoms with Gasteiger partial charge in [0.15, 0.2) is 0 Å². The van der Waals surface area contributed by atoms with Gasteiger partial charge in [-0.05, 0) is 48.9 Å². The predicted molar refractivity (Wildman–Crippen MR) is 142 cm³/mol. The van der Waals surface area contributed by atoms with E-state index in [2.05, 4.69) is 38.7 Å². The summed E-state index contributed by atoms with van der Waals surface area (Å²) in [4.78, 5) is 36.3. The number of carbonyl (C=O) groups is 3. The smallest absolute Gasteiger partial charge is 0.343 e. The van der Waals surface area contributed by atoms with Crippen LogP contribution in [0, 0.1) is 0 Å². The highest BCUT2D eigenvalue weighted by atomic mass is 79.9. The molecule has 0 atom stereocenters. The SMILES string of the molecule is CCCCCCCCCC(=O)NCC(=O)N/N=C\c1cc(Br)ccc1OC(=O)c1ccc(Cl)cc1. The maximum Gasteiger partial charge on any atom is 0.343 e. The van der Waals surface area contributed by atoms with Gasteiger partial charge in [0.05, 0.1) is 18.3 Å². The number of benzene rings is 2. The summed E-state index contributed by atoms with van der Waals surface area (Å²) in [5, 5.41) is 7.03. The Kier molecular flexibility index (Phi) is 13.1. The molecule has 7 nitrogen and oxygen atoms in total. The van der Waals surface area contributed by atoms with E-state index >= 15 is 0 Å². The molecule has 2 aromatic rings. The van der Waals surface area contributed by atoms with E-state index in [1.807, 2.05) is 0 Å². The molecule has 0 saturated heterocycles. The first-order valence-electron chi connectivity index (χ1n) is 11.7. The molecule has 0 aromatic heterocycles. The Morgan fingerprint density at radius 1 is 0.971 bits per heavy atom. The van der Waals surface area contributed by atoms with E-state index in [-0.39, 0.29) is 18.2 Å². The normalized spacial score (nSPS) is 10.8. The molecule has 9 heteroatoms. The van der Waals surface area contributed by atoms with E-state index in [9.17, 15) is 14.4 Å². The number of hydrogen-bond donors (Lipinski definition) is 2. The van der Waals surface area contributed by atoms with E-state index in [1.165, 1.54) is 31.9 Å². The zero-order valence-electron chi connectivity index (χ0n) is 19.8. The summed E-state index contributed by atoms with van der Waals surface area (Å²) in [5.74, 6) is -0.884. The molecule has 35 heavy (non-hydrogen) atoms. The number of nitrogens with zero attached hydrogens (tertiary/aromatic N) is 1. The quantitative estimate of drug-likeness (QED) is 0.0963. The summed E-state index contributed by atoms with van der Waals surface area (Å²) in [7, 11) is 0. The third-order valence-electron chi connectivity index (χ3n) is 5.10. The van der Waals surface area contributed by atoms with E-state index in [4.69, 9.17) is 16.3 Å². The molecule has 2 amide bonds. The number of hydrogen-bond acceptors (Lipinski definition) is 5. The first-order valence-corrected chi connectivity index (χ1v) is 12.9. The van der Waals surface area contributed by atoms with Gasteiger partial charge in [-0.1, -0.05) is 73.0 Å². The van der Waals surface area contributed by atoms with Crippen LogP contribution in [0.4, 0.5) is 0 Å². The molecular weight excluding hydrogens is 534 g/mol. The summed E-state index contributed by atoms with van der Waals surface area (Å²) in [6.07, 6.45) is 9.67. The van der Waals surface area contributed by atoms with Crippen molar-refractivity contribution >= 4 is 51.5 Å². The van der Waals surface area contributed by atoms with Crippen LogP contribution in [-0.4, -0.2) is 30.5 Å². The van der Waals surface area contributed by atoms with Crippen LogP contribution in [0.3, 0.4) is 0 Å². The molecule has 0 radical (unpaired) electrons. The van der Waals surface area contributed by atoms with Crippen LogP contribution >= 0.6 is 27.5 Å². The minimum Gasteiger partial charge on any atom is -0.422 e. The van der Waals surface area contributed by atoms with Crippen molar-refractivity contribution in [1.29, 1.82) is 0 Å². The van der Waals surface area contributed by atoms with Crippen molar-refractivity contribution in [3.8, 4) is 5.75 Å². The largest absolute Gasteiger partial charge is 0.422 e. The lowest BCUT2D eigenvalue weighted by Gasteiger charge is -2.08. The van der Waals surface area contributed by atoms with Crippen LogP contribution < -0.4 is 15.5 Å². The van der Waals surface area contributed by atoms with Crippen molar-refractivity contribution in [2.24, 2.45) is 5.10 Å². The summed E-state index contributed by atoms with van der Waals surface area (Å²) in [6, 6.07) is 11.4. The van der Waals surface area contributed by atoms with E-state index in [0.29, 0.717) is 22.6 Å². The highest BCUT2D eigenvalue weighted by Gasteiger charge is 2.12. The Bertz CT molecular complexity index is 1010. The highest BCUT2D eigenvalue weighted by Crippen LogP contribution is 2.23. The summed E-state index contributed by atoms with van der Waals surface area (Å²) in [5.41, 5.74) is 3.19. The molecule has 0 bridgehead atoms. The third kappa shape index (κ3) is 11.5. The van der Waals surface area contributed by atoms with Crippen LogP contribution in [0.5, 0.6) is 5.75 Å². The Morgan fingerprint density at radius 2 is 1.66 bits per heavy atom. The van der Waals surface area contributed by atoms with Gasteiger partial charge in [-0.15, -0.1) is 0 Å². The van der Waals surface area contributed by atoms with Crippen LogP contribution in [0.25, 0.3) is 0 Å². The summed E-state index contributed by atoms with van der Waals surface area (Å²) >= 11 is 9.22. The third-order valence-corrected chi connectivity index (χ3v) is 5.85.